The highest BCUT2D eigenvalue weighted by Gasteiger charge is 2.27. The van der Waals surface area contributed by atoms with Gasteiger partial charge in [-0.05, 0) is 11.5 Å². The van der Waals surface area contributed by atoms with E-state index in [1.54, 1.807) is 0 Å². The zero-order valence-corrected chi connectivity index (χ0v) is 11.7. The molecule has 0 aliphatic heterocycles. The fourth-order valence-electron chi connectivity index (χ4n) is 1.85. The first-order valence-electron chi connectivity index (χ1n) is 5.92. The van der Waals surface area contributed by atoms with Gasteiger partial charge < -0.3 is 4.90 Å². The molecule has 0 bridgehead atoms. The zero-order chi connectivity index (χ0) is 15.7. The summed E-state index contributed by atoms with van der Waals surface area (Å²) >= 11 is 0. The van der Waals surface area contributed by atoms with E-state index >= 15 is 0 Å². The summed E-state index contributed by atoms with van der Waals surface area (Å²) < 4.78 is 27.2. The van der Waals surface area contributed by atoms with Gasteiger partial charge in [-0.1, -0.05) is 20.8 Å². The van der Waals surface area contributed by atoms with Crippen LogP contribution in [0.1, 0.15) is 31.1 Å². The van der Waals surface area contributed by atoms with Crippen molar-refractivity contribution >= 4 is 11.6 Å². The van der Waals surface area contributed by atoms with Crippen LogP contribution in [0.2, 0.25) is 0 Å². The van der Waals surface area contributed by atoms with Crippen LogP contribution in [-0.4, -0.2) is 29.3 Å². The summed E-state index contributed by atoms with van der Waals surface area (Å²) in [7, 11) is 1.43. The molecule has 0 unspecified atom stereocenters. The Labute approximate surface area is 115 Å². The summed E-state index contributed by atoms with van der Waals surface area (Å²) in [5.41, 5.74) is -1.92. The third kappa shape index (κ3) is 3.72. The van der Waals surface area contributed by atoms with E-state index in [-0.39, 0.29) is 5.41 Å². The Morgan fingerprint density at radius 2 is 1.90 bits per heavy atom. The van der Waals surface area contributed by atoms with Crippen molar-refractivity contribution in [3.63, 3.8) is 0 Å². The highest BCUT2D eigenvalue weighted by molar-refractivity contribution is 5.95. The van der Waals surface area contributed by atoms with Gasteiger partial charge in [0.1, 0.15) is 5.82 Å². The molecular formula is C13H16F2N2O3. The minimum absolute atomic E-state index is 0.236. The normalized spacial score (nSPS) is 11.3. The lowest BCUT2D eigenvalue weighted by molar-refractivity contribution is -0.387. The molecule has 0 atom stereocenters. The van der Waals surface area contributed by atoms with E-state index in [4.69, 9.17) is 0 Å². The Balaban J connectivity index is 3.20. The van der Waals surface area contributed by atoms with Crippen molar-refractivity contribution < 1.29 is 18.5 Å². The average Bonchev–Trinajstić information content (AvgIpc) is 2.28. The van der Waals surface area contributed by atoms with Crippen LogP contribution >= 0.6 is 0 Å². The van der Waals surface area contributed by atoms with E-state index in [9.17, 15) is 23.7 Å². The maximum absolute atomic E-state index is 13.9. The van der Waals surface area contributed by atoms with Gasteiger partial charge in [-0.15, -0.1) is 0 Å². The molecule has 0 radical (unpaired) electrons. The molecule has 0 saturated carbocycles. The van der Waals surface area contributed by atoms with Crippen molar-refractivity contribution in [1.82, 2.24) is 4.90 Å². The maximum Gasteiger partial charge on any atom is 0.308 e. The summed E-state index contributed by atoms with van der Waals surface area (Å²) in [5, 5.41) is 10.6. The molecule has 0 aromatic heterocycles. The summed E-state index contributed by atoms with van der Waals surface area (Å²) in [6.07, 6.45) is 0. The lowest BCUT2D eigenvalue weighted by atomic mass is 9.96. The fraction of sp³-hybridized carbons (Fsp3) is 0.462. The predicted octanol–water partition coefficient (Wildman–Crippen LogP) is 2.99. The van der Waals surface area contributed by atoms with Gasteiger partial charge in [0.25, 0.3) is 5.91 Å². The van der Waals surface area contributed by atoms with Crippen LogP contribution in [0.4, 0.5) is 14.5 Å². The highest BCUT2D eigenvalue weighted by atomic mass is 19.1. The second-order valence-electron chi connectivity index (χ2n) is 5.77. The lowest BCUT2D eigenvalue weighted by Crippen LogP contribution is -2.35. The van der Waals surface area contributed by atoms with Crippen LogP contribution in [0, 0.1) is 27.2 Å². The molecule has 1 aromatic carbocycles. The second-order valence-corrected chi connectivity index (χ2v) is 5.77. The topological polar surface area (TPSA) is 63.5 Å². The standard InChI is InChI=1S/C13H16F2N2O3/c1-13(2,3)7-16(4)12(18)9-5-8(14)6-10(11(9)15)17(19)20/h5-6H,7H2,1-4H3. The smallest absolute Gasteiger partial charge is 0.308 e. The molecule has 1 rings (SSSR count). The maximum atomic E-state index is 13.9. The Hall–Kier alpha value is -2.05. The van der Waals surface area contributed by atoms with Crippen molar-refractivity contribution in [3.8, 4) is 0 Å². The van der Waals surface area contributed by atoms with Gasteiger partial charge >= 0.3 is 5.69 Å². The molecule has 5 nitrogen and oxygen atoms in total. The van der Waals surface area contributed by atoms with E-state index in [2.05, 4.69) is 0 Å². The van der Waals surface area contributed by atoms with Crippen molar-refractivity contribution in [3.05, 3.63) is 39.4 Å². The quantitative estimate of drug-likeness (QED) is 0.634. The number of nitro groups is 1. The lowest BCUT2D eigenvalue weighted by Gasteiger charge is -2.26. The highest BCUT2D eigenvalue weighted by Crippen LogP contribution is 2.24. The van der Waals surface area contributed by atoms with Gasteiger partial charge in [0.2, 0.25) is 5.82 Å². The molecule has 0 heterocycles. The molecular weight excluding hydrogens is 270 g/mol. The monoisotopic (exact) mass is 286 g/mol. The SMILES string of the molecule is CN(CC(C)(C)C)C(=O)c1cc(F)cc([N+](=O)[O-])c1F. The van der Waals surface area contributed by atoms with E-state index < -0.39 is 33.7 Å². The van der Waals surface area contributed by atoms with E-state index in [0.717, 1.165) is 0 Å². The third-order valence-electron chi connectivity index (χ3n) is 2.50. The number of nitro benzene ring substituents is 1. The first-order chi connectivity index (χ1) is 9.03. The van der Waals surface area contributed by atoms with Gasteiger partial charge in [0, 0.05) is 13.6 Å². The Morgan fingerprint density at radius 1 is 1.35 bits per heavy atom. The first-order valence-corrected chi connectivity index (χ1v) is 5.92. The molecule has 0 saturated heterocycles. The number of hydrogen-bond acceptors (Lipinski definition) is 3. The van der Waals surface area contributed by atoms with Gasteiger partial charge in [-0.3, -0.25) is 14.9 Å². The summed E-state index contributed by atoms with van der Waals surface area (Å²) in [5.74, 6) is -3.13. The molecule has 20 heavy (non-hydrogen) atoms. The van der Waals surface area contributed by atoms with E-state index in [1.165, 1.54) is 11.9 Å². The minimum atomic E-state index is -1.32. The second kappa shape index (κ2) is 5.52. The molecule has 0 N–H and O–H groups in total. The molecule has 0 fully saturated rings. The number of benzene rings is 1. The molecule has 0 aliphatic carbocycles. The number of hydrogen-bond donors (Lipinski definition) is 0. The van der Waals surface area contributed by atoms with Crippen molar-refractivity contribution in [2.75, 3.05) is 13.6 Å². The molecule has 1 aromatic rings. The largest absolute Gasteiger partial charge is 0.341 e. The minimum Gasteiger partial charge on any atom is -0.341 e. The van der Waals surface area contributed by atoms with E-state index in [0.29, 0.717) is 18.7 Å². The first kappa shape index (κ1) is 16.0. The molecule has 0 aliphatic rings. The number of rotatable bonds is 3. The predicted molar refractivity (Wildman–Crippen MR) is 69.4 cm³/mol. The van der Waals surface area contributed by atoms with Crippen LogP contribution in [0.3, 0.4) is 0 Å². The molecule has 7 heteroatoms. The van der Waals surface area contributed by atoms with Gasteiger partial charge in [-0.25, -0.2) is 4.39 Å². The molecule has 110 valence electrons. The summed E-state index contributed by atoms with van der Waals surface area (Å²) in [6, 6.07) is 1.12. The van der Waals surface area contributed by atoms with Crippen LogP contribution < -0.4 is 0 Å². The van der Waals surface area contributed by atoms with Crippen molar-refractivity contribution in [1.29, 1.82) is 0 Å². The van der Waals surface area contributed by atoms with Crippen LogP contribution in [-0.2, 0) is 0 Å². The van der Waals surface area contributed by atoms with Crippen LogP contribution in [0.25, 0.3) is 0 Å². The fourth-order valence-corrected chi connectivity index (χ4v) is 1.85. The molecule has 0 spiro atoms. The Morgan fingerprint density at radius 3 is 2.35 bits per heavy atom. The number of amides is 1. The average molecular weight is 286 g/mol. The van der Waals surface area contributed by atoms with E-state index in [1.807, 2.05) is 20.8 Å². The van der Waals surface area contributed by atoms with Crippen LogP contribution in [0.15, 0.2) is 12.1 Å². The van der Waals surface area contributed by atoms with Gasteiger partial charge in [0.15, 0.2) is 0 Å². The van der Waals surface area contributed by atoms with Crippen molar-refractivity contribution in [2.24, 2.45) is 5.41 Å². The number of carbonyl (C=O) groups is 1. The van der Waals surface area contributed by atoms with Crippen molar-refractivity contribution in [2.45, 2.75) is 20.8 Å². The summed E-state index contributed by atoms with van der Waals surface area (Å²) in [4.78, 5) is 22.8. The van der Waals surface area contributed by atoms with Gasteiger partial charge in [-0.2, -0.15) is 4.39 Å². The zero-order valence-electron chi connectivity index (χ0n) is 11.7. The third-order valence-corrected chi connectivity index (χ3v) is 2.50. The number of halogens is 2. The molecule has 1 amide bonds. The Kier molecular flexibility index (Phi) is 4.42. The van der Waals surface area contributed by atoms with Crippen LogP contribution in [0.5, 0.6) is 0 Å². The van der Waals surface area contributed by atoms with Gasteiger partial charge in [0.05, 0.1) is 16.6 Å². The Bertz CT molecular complexity index is 553. The number of carbonyl (C=O) groups excluding carboxylic acids is 1. The summed E-state index contributed by atoms with van der Waals surface area (Å²) in [6.45, 7) is 5.93. The number of nitrogens with zero attached hydrogens (tertiary/aromatic N) is 2.